The maximum atomic E-state index is 13.1. The third-order valence-corrected chi connectivity index (χ3v) is 6.48. The van der Waals surface area contributed by atoms with Gasteiger partial charge in [-0.15, -0.1) is 0 Å². The number of hydrogen-bond acceptors (Lipinski definition) is 4. The van der Waals surface area contributed by atoms with Gasteiger partial charge < -0.3 is 9.64 Å². The van der Waals surface area contributed by atoms with Gasteiger partial charge in [0.1, 0.15) is 6.10 Å². The highest BCUT2D eigenvalue weighted by Crippen LogP contribution is 2.48. The first-order chi connectivity index (χ1) is 13.7. The molecule has 1 aromatic heterocycles. The van der Waals surface area contributed by atoms with Crippen molar-refractivity contribution in [3.63, 3.8) is 0 Å². The minimum atomic E-state index is -0.387. The molecule has 0 bridgehead atoms. The lowest BCUT2D eigenvalue weighted by Gasteiger charge is -2.35. The second-order valence-electron chi connectivity index (χ2n) is 8.53. The van der Waals surface area contributed by atoms with Crippen LogP contribution in [0, 0.1) is 5.92 Å². The van der Waals surface area contributed by atoms with Gasteiger partial charge in [0, 0.05) is 32.8 Å². The van der Waals surface area contributed by atoms with Crippen molar-refractivity contribution in [3.05, 3.63) is 65.5 Å². The van der Waals surface area contributed by atoms with Gasteiger partial charge in [0.2, 0.25) is 0 Å². The molecule has 1 amide bonds. The number of rotatable bonds is 5. The molecule has 146 valence electrons. The lowest BCUT2D eigenvalue weighted by atomic mass is 9.86. The topological polar surface area (TPSA) is 45.7 Å². The van der Waals surface area contributed by atoms with E-state index in [1.54, 1.807) is 11.1 Å². The third-order valence-electron chi connectivity index (χ3n) is 6.48. The van der Waals surface area contributed by atoms with Crippen LogP contribution in [0.2, 0.25) is 0 Å². The van der Waals surface area contributed by atoms with E-state index in [-0.39, 0.29) is 17.6 Å². The average molecular weight is 377 g/mol. The van der Waals surface area contributed by atoms with Gasteiger partial charge in [-0.2, -0.15) is 0 Å². The summed E-state index contributed by atoms with van der Waals surface area (Å²) in [5.41, 5.74) is 3.50. The number of carbonyl (C=O) groups excluding carboxylic acids is 1. The normalized spacial score (nSPS) is 26.5. The Kier molecular flexibility index (Phi) is 4.44. The summed E-state index contributed by atoms with van der Waals surface area (Å²) in [5, 5.41) is 0. The van der Waals surface area contributed by atoms with Crippen LogP contribution in [0.4, 0.5) is 0 Å². The van der Waals surface area contributed by atoms with Crippen LogP contribution >= 0.6 is 0 Å². The Hall–Kier alpha value is -2.24. The molecule has 1 aliphatic carbocycles. The molecule has 2 fully saturated rings. The van der Waals surface area contributed by atoms with Gasteiger partial charge in [0.15, 0.2) is 0 Å². The van der Waals surface area contributed by atoms with E-state index in [2.05, 4.69) is 34.1 Å². The SMILES string of the molecule is CN(Cc1ccccn1)C(=O)[C@H]1C[C@]2(CO1)c1ccccc1CN2CC1CC1. The fourth-order valence-electron chi connectivity index (χ4n) is 4.78. The summed E-state index contributed by atoms with van der Waals surface area (Å²) in [6.07, 6.45) is 4.78. The zero-order valence-electron chi connectivity index (χ0n) is 16.4. The zero-order chi connectivity index (χ0) is 19.1. The lowest BCUT2D eigenvalue weighted by Crippen LogP contribution is -2.44. The number of pyridine rings is 1. The van der Waals surface area contributed by atoms with Crippen LogP contribution in [-0.2, 0) is 28.2 Å². The molecule has 1 saturated heterocycles. The first-order valence-corrected chi connectivity index (χ1v) is 10.3. The summed E-state index contributed by atoms with van der Waals surface area (Å²) in [7, 11) is 1.84. The van der Waals surface area contributed by atoms with Gasteiger partial charge in [0.05, 0.1) is 24.4 Å². The maximum absolute atomic E-state index is 13.1. The average Bonchev–Trinajstić information content (AvgIpc) is 3.34. The number of likely N-dealkylation sites (N-methyl/N-ethyl adjacent to an activating group) is 1. The highest BCUT2D eigenvalue weighted by molar-refractivity contribution is 5.81. The fraction of sp³-hybridized carbons (Fsp3) is 0.478. The van der Waals surface area contributed by atoms with Gasteiger partial charge in [-0.3, -0.25) is 14.7 Å². The third kappa shape index (κ3) is 3.12. The molecule has 1 aromatic carbocycles. The van der Waals surface area contributed by atoms with Crippen molar-refractivity contribution in [2.75, 3.05) is 20.2 Å². The van der Waals surface area contributed by atoms with Crippen LogP contribution in [0.25, 0.3) is 0 Å². The Morgan fingerprint density at radius 2 is 2.07 bits per heavy atom. The predicted molar refractivity (Wildman–Crippen MR) is 106 cm³/mol. The number of aromatic nitrogens is 1. The molecule has 1 spiro atoms. The molecule has 1 saturated carbocycles. The van der Waals surface area contributed by atoms with Gasteiger partial charge in [-0.1, -0.05) is 30.3 Å². The monoisotopic (exact) mass is 377 g/mol. The molecule has 5 heteroatoms. The van der Waals surface area contributed by atoms with Crippen LogP contribution in [0.5, 0.6) is 0 Å². The maximum Gasteiger partial charge on any atom is 0.251 e. The van der Waals surface area contributed by atoms with Crippen LogP contribution in [0.15, 0.2) is 48.7 Å². The molecule has 3 heterocycles. The summed E-state index contributed by atoms with van der Waals surface area (Å²) >= 11 is 0. The Morgan fingerprint density at radius 1 is 1.25 bits per heavy atom. The van der Waals surface area contributed by atoms with Crippen molar-refractivity contribution in [1.82, 2.24) is 14.8 Å². The van der Waals surface area contributed by atoms with Crippen molar-refractivity contribution in [2.45, 2.75) is 44.0 Å². The smallest absolute Gasteiger partial charge is 0.251 e. The Morgan fingerprint density at radius 3 is 2.86 bits per heavy atom. The number of benzene rings is 1. The quantitative estimate of drug-likeness (QED) is 0.804. The summed E-state index contributed by atoms with van der Waals surface area (Å²) in [6, 6.07) is 14.5. The number of hydrogen-bond donors (Lipinski definition) is 0. The standard InChI is InChI=1S/C23H27N3O2/c1-25(15-19-7-4-5-11-24-19)22(27)21-12-23(16-28-21)20-8-3-2-6-18(20)14-26(23)13-17-9-10-17/h2-8,11,17,21H,9-10,12-16H2,1H3/t21-,23+/m1/s1. The van der Waals surface area contributed by atoms with Crippen LogP contribution in [0.3, 0.4) is 0 Å². The molecule has 0 unspecified atom stereocenters. The van der Waals surface area contributed by atoms with Crippen molar-refractivity contribution in [2.24, 2.45) is 5.92 Å². The van der Waals surface area contributed by atoms with Gasteiger partial charge in [-0.05, 0) is 42.0 Å². The first-order valence-electron chi connectivity index (χ1n) is 10.3. The van der Waals surface area contributed by atoms with Crippen LogP contribution in [0.1, 0.15) is 36.1 Å². The van der Waals surface area contributed by atoms with Gasteiger partial charge in [-0.25, -0.2) is 0 Å². The molecule has 2 aromatic rings. The van der Waals surface area contributed by atoms with E-state index in [9.17, 15) is 4.79 Å². The second kappa shape index (κ2) is 6.98. The fourth-order valence-corrected chi connectivity index (χ4v) is 4.78. The van der Waals surface area contributed by atoms with Crippen molar-refractivity contribution >= 4 is 5.91 Å². The minimum Gasteiger partial charge on any atom is -0.366 e. The summed E-state index contributed by atoms with van der Waals surface area (Å²) in [5.74, 6) is 0.867. The predicted octanol–water partition coefficient (Wildman–Crippen LogP) is 2.95. The molecule has 3 aliphatic rings. The molecule has 0 radical (unpaired) electrons. The summed E-state index contributed by atoms with van der Waals surface area (Å²) < 4.78 is 6.15. The molecule has 0 N–H and O–H groups in total. The molecule has 5 rings (SSSR count). The highest BCUT2D eigenvalue weighted by Gasteiger charge is 2.53. The Balaban J connectivity index is 1.34. The van der Waals surface area contributed by atoms with Gasteiger partial charge >= 0.3 is 0 Å². The van der Waals surface area contributed by atoms with Crippen LogP contribution in [-0.4, -0.2) is 47.0 Å². The van der Waals surface area contributed by atoms with E-state index < -0.39 is 0 Å². The first kappa shape index (κ1) is 17.8. The van der Waals surface area contributed by atoms with Crippen LogP contribution < -0.4 is 0 Å². The second-order valence-corrected chi connectivity index (χ2v) is 8.53. The van der Waals surface area contributed by atoms with E-state index >= 15 is 0 Å². The number of amides is 1. The molecular weight excluding hydrogens is 350 g/mol. The zero-order valence-corrected chi connectivity index (χ0v) is 16.4. The van der Waals surface area contributed by atoms with E-state index in [0.29, 0.717) is 13.2 Å². The lowest BCUT2D eigenvalue weighted by molar-refractivity contribution is -0.140. The Labute approximate surface area is 166 Å². The Bertz CT molecular complexity index is 867. The minimum absolute atomic E-state index is 0.0540. The summed E-state index contributed by atoms with van der Waals surface area (Å²) in [6.45, 7) is 3.20. The molecule has 2 atom stereocenters. The number of fused-ring (bicyclic) bond motifs is 2. The van der Waals surface area contributed by atoms with Crippen molar-refractivity contribution < 1.29 is 9.53 Å². The molecule has 2 aliphatic heterocycles. The molecular formula is C23H27N3O2. The number of nitrogens with zero attached hydrogens (tertiary/aromatic N) is 3. The van der Waals surface area contributed by atoms with E-state index in [1.165, 1.54) is 24.0 Å². The molecule has 5 nitrogen and oxygen atoms in total. The van der Waals surface area contributed by atoms with E-state index in [0.717, 1.165) is 31.1 Å². The van der Waals surface area contributed by atoms with Crippen molar-refractivity contribution in [1.29, 1.82) is 0 Å². The van der Waals surface area contributed by atoms with E-state index in [4.69, 9.17) is 4.74 Å². The molecule has 28 heavy (non-hydrogen) atoms. The van der Waals surface area contributed by atoms with Crippen molar-refractivity contribution in [3.8, 4) is 0 Å². The number of ether oxygens (including phenoxy) is 1. The van der Waals surface area contributed by atoms with E-state index in [1.807, 2.05) is 25.2 Å². The summed E-state index contributed by atoms with van der Waals surface area (Å²) in [4.78, 5) is 21.8. The van der Waals surface area contributed by atoms with Gasteiger partial charge in [0.25, 0.3) is 5.91 Å². The largest absolute Gasteiger partial charge is 0.366 e. The highest BCUT2D eigenvalue weighted by atomic mass is 16.5. The number of carbonyl (C=O) groups is 1.